The summed E-state index contributed by atoms with van der Waals surface area (Å²) in [4.78, 5) is 26.9. The minimum Gasteiger partial charge on any atom is -0.330 e. The Bertz CT molecular complexity index is 950. The Hall–Kier alpha value is -2.51. The van der Waals surface area contributed by atoms with Crippen molar-refractivity contribution in [2.24, 2.45) is 0 Å². The lowest BCUT2D eigenvalue weighted by Crippen LogP contribution is -3.11. The van der Waals surface area contributed by atoms with Gasteiger partial charge in [-0.3, -0.25) is 9.69 Å². The first-order valence-electron chi connectivity index (χ1n) is 10.5. The van der Waals surface area contributed by atoms with Crippen molar-refractivity contribution in [2.75, 3.05) is 44.2 Å². The standard InChI is InChI=1S/C22H25N5OS/c28-21(26-14-12-25(13-15-26)20-9-3-4-10-23-20)16-27-11-5-7-18(27)22-24-17-6-1-2-8-19(17)29-22/h1-4,6,8-10,18H,5,7,11-16H2/p+2/t18-/m0/s1. The highest BCUT2D eigenvalue weighted by molar-refractivity contribution is 7.18. The number of thiazole rings is 1. The molecule has 2 aliphatic rings. The fraction of sp³-hybridized carbons (Fsp3) is 0.409. The van der Waals surface area contributed by atoms with E-state index in [-0.39, 0.29) is 5.91 Å². The average Bonchev–Trinajstić information content (AvgIpc) is 3.41. The summed E-state index contributed by atoms with van der Waals surface area (Å²) in [7, 11) is 0. The fourth-order valence-corrected chi connectivity index (χ4v) is 5.70. The van der Waals surface area contributed by atoms with E-state index in [1.54, 1.807) is 11.3 Å². The van der Waals surface area contributed by atoms with Crippen LogP contribution >= 0.6 is 11.3 Å². The van der Waals surface area contributed by atoms with Gasteiger partial charge in [0.2, 0.25) is 0 Å². The quantitative estimate of drug-likeness (QED) is 0.704. The minimum atomic E-state index is 0.282. The molecule has 2 N–H and O–H groups in total. The molecule has 2 atom stereocenters. The third kappa shape index (κ3) is 3.84. The molecule has 4 heterocycles. The summed E-state index contributed by atoms with van der Waals surface area (Å²) < 4.78 is 1.24. The van der Waals surface area contributed by atoms with E-state index in [9.17, 15) is 4.79 Å². The molecule has 1 unspecified atom stereocenters. The molecule has 29 heavy (non-hydrogen) atoms. The smallest absolute Gasteiger partial charge is 0.278 e. The van der Waals surface area contributed by atoms with E-state index in [4.69, 9.17) is 4.98 Å². The normalized spacial score (nSPS) is 22.3. The summed E-state index contributed by atoms with van der Waals surface area (Å²) in [6, 6.07) is 14.8. The molecule has 150 valence electrons. The molecule has 0 spiro atoms. The third-order valence-corrected chi connectivity index (χ3v) is 7.29. The monoisotopic (exact) mass is 409 g/mol. The Balaban J connectivity index is 1.21. The number of piperazine rings is 1. The number of H-pyrrole nitrogens is 1. The van der Waals surface area contributed by atoms with Crippen molar-refractivity contribution < 1.29 is 14.7 Å². The lowest BCUT2D eigenvalue weighted by molar-refractivity contribution is -0.910. The van der Waals surface area contributed by atoms with Crippen molar-refractivity contribution in [3.63, 3.8) is 0 Å². The van der Waals surface area contributed by atoms with Gasteiger partial charge in [0.1, 0.15) is 19.1 Å². The number of hydrogen-bond donors (Lipinski definition) is 1. The van der Waals surface area contributed by atoms with Crippen molar-refractivity contribution in [3.05, 3.63) is 53.7 Å². The molecule has 2 saturated heterocycles. The number of nitrogens with one attached hydrogen (secondary N) is 2. The topological polar surface area (TPSA) is 55.0 Å². The zero-order valence-electron chi connectivity index (χ0n) is 16.5. The number of hydrogen-bond acceptors (Lipinski definition) is 4. The van der Waals surface area contributed by atoms with E-state index in [0.29, 0.717) is 12.6 Å². The number of benzene rings is 1. The van der Waals surface area contributed by atoms with Crippen molar-refractivity contribution in [3.8, 4) is 0 Å². The van der Waals surface area contributed by atoms with E-state index in [0.717, 1.165) is 50.5 Å². The number of aromatic nitrogens is 2. The number of quaternary nitrogens is 1. The lowest BCUT2D eigenvalue weighted by Gasteiger charge is -2.31. The number of fused-ring (bicyclic) bond motifs is 1. The van der Waals surface area contributed by atoms with E-state index in [2.05, 4.69) is 34.1 Å². The number of rotatable bonds is 4. The second kappa shape index (κ2) is 8.08. The number of pyridine rings is 1. The van der Waals surface area contributed by atoms with Crippen LogP contribution in [0.2, 0.25) is 0 Å². The molecule has 2 aliphatic heterocycles. The SMILES string of the molecule is O=C(C[NH+]1CCC[C@H]1c1nc2ccccc2s1)N1CCN(c2cccc[nH+]2)CC1. The predicted octanol–water partition coefficient (Wildman–Crippen LogP) is 1.18. The highest BCUT2D eigenvalue weighted by atomic mass is 32.1. The maximum atomic E-state index is 13.0. The number of amides is 1. The third-order valence-electron chi connectivity index (χ3n) is 6.14. The van der Waals surface area contributed by atoms with Crippen LogP contribution in [0.4, 0.5) is 5.82 Å². The number of aromatic amines is 1. The van der Waals surface area contributed by atoms with Crippen molar-refractivity contribution >= 4 is 33.3 Å². The minimum absolute atomic E-state index is 0.282. The van der Waals surface area contributed by atoms with Gasteiger partial charge in [0.25, 0.3) is 11.7 Å². The van der Waals surface area contributed by atoms with Crippen LogP contribution in [0.1, 0.15) is 23.9 Å². The molecule has 2 aromatic heterocycles. The zero-order valence-corrected chi connectivity index (χ0v) is 17.3. The number of anilines is 1. The van der Waals surface area contributed by atoms with Crippen LogP contribution in [0.3, 0.4) is 0 Å². The van der Waals surface area contributed by atoms with Gasteiger partial charge >= 0.3 is 0 Å². The van der Waals surface area contributed by atoms with E-state index in [1.807, 2.05) is 29.3 Å². The molecule has 2 fully saturated rings. The maximum Gasteiger partial charge on any atom is 0.278 e. The van der Waals surface area contributed by atoms with Crippen LogP contribution in [0.5, 0.6) is 0 Å². The number of carbonyl (C=O) groups excluding carboxylic acids is 1. The van der Waals surface area contributed by atoms with Gasteiger partial charge in [0.05, 0.1) is 36.0 Å². The molecular weight excluding hydrogens is 382 g/mol. The molecule has 0 bridgehead atoms. The van der Waals surface area contributed by atoms with Gasteiger partial charge in [0.15, 0.2) is 11.6 Å². The largest absolute Gasteiger partial charge is 0.330 e. The fourth-order valence-electron chi connectivity index (χ4n) is 4.54. The molecule has 6 nitrogen and oxygen atoms in total. The van der Waals surface area contributed by atoms with Crippen LogP contribution in [-0.2, 0) is 4.79 Å². The highest BCUT2D eigenvalue weighted by Gasteiger charge is 2.36. The molecule has 3 aromatic rings. The Kier molecular flexibility index (Phi) is 5.16. The summed E-state index contributed by atoms with van der Waals surface area (Å²) >= 11 is 1.79. The highest BCUT2D eigenvalue weighted by Crippen LogP contribution is 2.28. The molecule has 1 aromatic carbocycles. The predicted molar refractivity (Wildman–Crippen MR) is 114 cm³/mol. The number of carbonyl (C=O) groups is 1. The van der Waals surface area contributed by atoms with E-state index in [1.165, 1.54) is 21.0 Å². The van der Waals surface area contributed by atoms with E-state index < -0.39 is 0 Å². The first kappa shape index (κ1) is 18.5. The van der Waals surface area contributed by atoms with Gasteiger partial charge < -0.3 is 9.80 Å². The number of para-hydroxylation sites is 1. The first-order chi connectivity index (χ1) is 14.3. The molecule has 0 radical (unpaired) electrons. The first-order valence-corrected chi connectivity index (χ1v) is 11.3. The maximum absolute atomic E-state index is 13.0. The summed E-state index contributed by atoms with van der Waals surface area (Å²) in [6.07, 6.45) is 4.24. The number of likely N-dealkylation sites (tertiary alicyclic amines) is 1. The van der Waals surface area contributed by atoms with E-state index >= 15 is 0 Å². The molecule has 0 aliphatic carbocycles. The van der Waals surface area contributed by atoms with Crippen LogP contribution in [0.25, 0.3) is 10.2 Å². The van der Waals surface area contributed by atoms with Crippen LogP contribution < -0.4 is 14.8 Å². The molecular formula is C22H27N5OS+2. The van der Waals surface area contributed by atoms with Crippen LogP contribution in [0.15, 0.2) is 48.7 Å². The average molecular weight is 410 g/mol. The van der Waals surface area contributed by atoms with Crippen LogP contribution in [0, 0.1) is 0 Å². The van der Waals surface area contributed by atoms with Gasteiger partial charge in [0, 0.05) is 18.9 Å². The van der Waals surface area contributed by atoms with Gasteiger partial charge in [-0.05, 0) is 18.2 Å². The summed E-state index contributed by atoms with van der Waals surface area (Å²) in [5.41, 5.74) is 1.08. The second-order valence-corrected chi connectivity index (χ2v) is 8.98. The van der Waals surface area contributed by atoms with Gasteiger partial charge in [-0.25, -0.2) is 9.97 Å². The van der Waals surface area contributed by atoms with Crippen molar-refractivity contribution in [1.29, 1.82) is 0 Å². The number of nitrogens with zero attached hydrogens (tertiary/aromatic N) is 3. The molecule has 0 saturated carbocycles. The Morgan fingerprint density at radius 2 is 1.97 bits per heavy atom. The summed E-state index contributed by atoms with van der Waals surface area (Å²) in [5.74, 6) is 1.41. The zero-order chi connectivity index (χ0) is 19.6. The molecule has 1 amide bonds. The Morgan fingerprint density at radius 3 is 2.76 bits per heavy atom. The summed E-state index contributed by atoms with van der Waals surface area (Å²) in [5, 5.41) is 1.19. The Labute approximate surface area is 174 Å². The van der Waals surface area contributed by atoms with Gasteiger partial charge in [-0.1, -0.05) is 18.2 Å². The molecule has 7 heteroatoms. The van der Waals surface area contributed by atoms with Crippen molar-refractivity contribution in [1.82, 2.24) is 9.88 Å². The second-order valence-electron chi connectivity index (χ2n) is 7.92. The van der Waals surface area contributed by atoms with Crippen LogP contribution in [-0.4, -0.2) is 55.1 Å². The van der Waals surface area contributed by atoms with Gasteiger partial charge in [-0.15, -0.1) is 11.3 Å². The Morgan fingerprint density at radius 1 is 1.14 bits per heavy atom. The molecule has 5 rings (SSSR count). The summed E-state index contributed by atoms with van der Waals surface area (Å²) in [6.45, 7) is 4.98. The van der Waals surface area contributed by atoms with Gasteiger partial charge in [-0.2, -0.15) is 0 Å². The van der Waals surface area contributed by atoms with Crippen molar-refractivity contribution in [2.45, 2.75) is 18.9 Å². The lowest BCUT2D eigenvalue weighted by atomic mass is 10.2.